The number of nitrogens with one attached hydrogen (secondary N) is 1. The first-order chi connectivity index (χ1) is 10.4. The molecule has 0 saturated carbocycles. The molecule has 5 nitrogen and oxygen atoms in total. The second kappa shape index (κ2) is 6.93. The molecule has 0 spiro atoms. The number of carbonyl (C=O) groups excluding carboxylic acids is 1. The van der Waals surface area contributed by atoms with Gasteiger partial charge in [-0.05, 0) is 17.0 Å². The van der Waals surface area contributed by atoms with Crippen molar-refractivity contribution in [2.24, 2.45) is 0 Å². The predicted octanol–water partition coefficient (Wildman–Crippen LogP) is 2.53. The van der Waals surface area contributed by atoms with Gasteiger partial charge < -0.3 is 10.2 Å². The molecular weight excluding hydrogens is 320 g/mol. The molecule has 118 valence electrons. The van der Waals surface area contributed by atoms with Gasteiger partial charge in [0.2, 0.25) is 0 Å². The van der Waals surface area contributed by atoms with Gasteiger partial charge >= 0.3 is 6.03 Å². The van der Waals surface area contributed by atoms with Crippen LogP contribution in [-0.4, -0.2) is 40.0 Å². The van der Waals surface area contributed by atoms with Gasteiger partial charge in [-0.15, -0.1) is 11.3 Å². The molecule has 0 saturated heterocycles. The van der Waals surface area contributed by atoms with Gasteiger partial charge in [0.1, 0.15) is 9.46 Å². The minimum absolute atomic E-state index is 0.0290. The maximum atomic E-state index is 12.8. The molecule has 1 atom stereocenters. The lowest BCUT2D eigenvalue weighted by Gasteiger charge is -2.19. The summed E-state index contributed by atoms with van der Waals surface area (Å²) in [4.78, 5) is 13.1. The van der Waals surface area contributed by atoms with E-state index in [1.165, 1.54) is 16.2 Å². The van der Waals surface area contributed by atoms with E-state index < -0.39 is 15.1 Å². The van der Waals surface area contributed by atoms with Gasteiger partial charge in [0.15, 0.2) is 9.84 Å². The Morgan fingerprint density at radius 3 is 2.41 bits per heavy atom. The van der Waals surface area contributed by atoms with E-state index in [1.54, 1.807) is 55.9 Å². The Morgan fingerprint density at radius 2 is 1.86 bits per heavy atom. The highest BCUT2D eigenvalue weighted by atomic mass is 32.2. The molecule has 22 heavy (non-hydrogen) atoms. The molecule has 0 aliphatic rings. The number of sulfone groups is 1. The van der Waals surface area contributed by atoms with Gasteiger partial charge in [-0.3, -0.25) is 0 Å². The average Bonchev–Trinajstić information content (AvgIpc) is 3.03. The standard InChI is InChI=1S/C15H18N2O3S2/c1-17(2)15(18)16-11-13(12-7-4-3-5-8-12)22(19,20)14-9-6-10-21-14/h3-10,13H,11H2,1-2H3,(H,16,18). The topological polar surface area (TPSA) is 66.5 Å². The molecule has 0 aliphatic heterocycles. The zero-order valence-electron chi connectivity index (χ0n) is 12.4. The average molecular weight is 338 g/mol. The van der Waals surface area contributed by atoms with Crippen molar-refractivity contribution in [1.29, 1.82) is 0 Å². The first-order valence-electron chi connectivity index (χ1n) is 6.70. The van der Waals surface area contributed by atoms with Crippen molar-refractivity contribution in [2.45, 2.75) is 9.46 Å². The molecular formula is C15H18N2O3S2. The van der Waals surface area contributed by atoms with Crippen molar-refractivity contribution < 1.29 is 13.2 Å². The Kier molecular flexibility index (Phi) is 5.20. The Balaban J connectivity index is 2.32. The minimum atomic E-state index is -3.55. The smallest absolute Gasteiger partial charge is 0.316 e. The van der Waals surface area contributed by atoms with Crippen LogP contribution in [0.15, 0.2) is 52.1 Å². The molecule has 0 bridgehead atoms. The van der Waals surface area contributed by atoms with Crippen molar-refractivity contribution in [3.05, 3.63) is 53.4 Å². The van der Waals surface area contributed by atoms with Gasteiger partial charge in [-0.2, -0.15) is 0 Å². The third-order valence-corrected chi connectivity index (χ3v) is 6.70. The Hall–Kier alpha value is -1.86. The SMILES string of the molecule is CN(C)C(=O)NCC(c1ccccc1)S(=O)(=O)c1cccs1. The predicted molar refractivity (Wildman–Crippen MR) is 87.8 cm³/mol. The molecule has 1 aromatic carbocycles. The van der Waals surface area contributed by atoms with E-state index in [2.05, 4.69) is 5.32 Å². The zero-order valence-corrected chi connectivity index (χ0v) is 14.0. The maximum Gasteiger partial charge on any atom is 0.316 e. The molecule has 1 heterocycles. The molecule has 1 N–H and O–H groups in total. The first kappa shape index (κ1) is 16.5. The molecule has 0 fully saturated rings. The lowest BCUT2D eigenvalue weighted by molar-refractivity contribution is 0.217. The van der Waals surface area contributed by atoms with Crippen molar-refractivity contribution >= 4 is 27.2 Å². The number of nitrogens with zero attached hydrogens (tertiary/aromatic N) is 1. The summed E-state index contributed by atoms with van der Waals surface area (Å²) in [6.07, 6.45) is 0. The highest BCUT2D eigenvalue weighted by Gasteiger charge is 2.30. The van der Waals surface area contributed by atoms with E-state index in [0.29, 0.717) is 9.77 Å². The molecule has 0 radical (unpaired) electrons. The summed E-state index contributed by atoms with van der Waals surface area (Å²) in [6, 6.07) is 11.9. The monoisotopic (exact) mass is 338 g/mol. The maximum absolute atomic E-state index is 12.8. The van der Waals surface area contributed by atoms with Crippen molar-refractivity contribution in [1.82, 2.24) is 10.2 Å². The second-order valence-corrected chi connectivity index (χ2v) is 8.26. The third kappa shape index (κ3) is 3.66. The first-order valence-corrected chi connectivity index (χ1v) is 9.13. The van der Waals surface area contributed by atoms with Crippen LogP contribution >= 0.6 is 11.3 Å². The number of carbonyl (C=O) groups is 1. The summed E-state index contributed by atoms with van der Waals surface area (Å²) in [7, 11) is -0.323. The summed E-state index contributed by atoms with van der Waals surface area (Å²) in [5.74, 6) is 0. The highest BCUT2D eigenvalue weighted by Crippen LogP contribution is 2.31. The van der Waals surface area contributed by atoms with Crippen molar-refractivity contribution in [2.75, 3.05) is 20.6 Å². The highest BCUT2D eigenvalue weighted by molar-refractivity contribution is 7.93. The Labute approximate surface area is 134 Å². The van der Waals surface area contributed by atoms with Gasteiger partial charge in [-0.1, -0.05) is 36.4 Å². The van der Waals surface area contributed by atoms with Crippen LogP contribution in [0.25, 0.3) is 0 Å². The fourth-order valence-corrected chi connectivity index (χ4v) is 4.84. The van der Waals surface area contributed by atoms with Crippen LogP contribution in [0.5, 0.6) is 0 Å². The fourth-order valence-electron chi connectivity index (χ4n) is 1.98. The van der Waals surface area contributed by atoms with Crippen LogP contribution in [0.3, 0.4) is 0 Å². The van der Waals surface area contributed by atoms with Crippen LogP contribution in [0.1, 0.15) is 10.8 Å². The van der Waals surface area contributed by atoms with Crippen LogP contribution in [-0.2, 0) is 9.84 Å². The van der Waals surface area contributed by atoms with E-state index >= 15 is 0 Å². The molecule has 2 rings (SSSR count). The molecule has 2 aromatic rings. The third-order valence-electron chi connectivity index (χ3n) is 3.17. The lowest BCUT2D eigenvalue weighted by Crippen LogP contribution is -2.38. The van der Waals surface area contributed by atoms with E-state index in [0.717, 1.165) is 0 Å². The van der Waals surface area contributed by atoms with E-state index in [4.69, 9.17) is 0 Å². The minimum Gasteiger partial charge on any atom is -0.336 e. The van der Waals surface area contributed by atoms with Crippen LogP contribution in [0, 0.1) is 0 Å². The van der Waals surface area contributed by atoms with Gasteiger partial charge in [-0.25, -0.2) is 13.2 Å². The van der Waals surface area contributed by atoms with Crippen molar-refractivity contribution in [3.63, 3.8) is 0 Å². The van der Waals surface area contributed by atoms with Gasteiger partial charge in [0.05, 0.1) is 0 Å². The number of urea groups is 1. The molecule has 0 aliphatic carbocycles. The van der Waals surface area contributed by atoms with Crippen LogP contribution < -0.4 is 5.32 Å². The number of hydrogen-bond donors (Lipinski definition) is 1. The normalized spacial score (nSPS) is 12.6. The molecule has 1 aromatic heterocycles. The van der Waals surface area contributed by atoms with Crippen LogP contribution in [0.2, 0.25) is 0 Å². The van der Waals surface area contributed by atoms with E-state index in [1.807, 2.05) is 6.07 Å². The summed E-state index contributed by atoms with van der Waals surface area (Å²) >= 11 is 1.18. The molecule has 2 amide bonds. The van der Waals surface area contributed by atoms with Crippen molar-refractivity contribution in [3.8, 4) is 0 Å². The second-order valence-electron chi connectivity index (χ2n) is 4.96. The van der Waals surface area contributed by atoms with Gasteiger partial charge in [0.25, 0.3) is 0 Å². The number of amides is 2. The lowest BCUT2D eigenvalue weighted by atomic mass is 10.1. The zero-order chi connectivity index (χ0) is 16.2. The number of thiophene rings is 1. The van der Waals surface area contributed by atoms with E-state index in [-0.39, 0.29) is 12.6 Å². The summed E-state index contributed by atoms with van der Waals surface area (Å²) in [5, 5.41) is 3.58. The fraction of sp³-hybridized carbons (Fsp3) is 0.267. The summed E-state index contributed by atoms with van der Waals surface area (Å²) in [6.45, 7) is 0.0290. The number of rotatable bonds is 5. The molecule has 1 unspecified atom stereocenters. The summed E-state index contributed by atoms with van der Waals surface area (Å²) < 4.78 is 25.9. The quantitative estimate of drug-likeness (QED) is 0.911. The Bertz CT molecular complexity index is 711. The van der Waals surface area contributed by atoms with Gasteiger partial charge in [0, 0.05) is 20.6 Å². The Morgan fingerprint density at radius 1 is 1.18 bits per heavy atom. The van der Waals surface area contributed by atoms with Crippen LogP contribution in [0.4, 0.5) is 4.79 Å². The molecule has 7 heteroatoms. The van der Waals surface area contributed by atoms with E-state index in [9.17, 15) is 13.2 Å². The largest absolute Gasteiger partial charge is 0.336 e. The number of hydrogen-bond acceptors (Lipinski definition) is 4. The summed E-state index contributed by atoms with van der Waals surface area (Å²) in [5.41, 5.74) is 0.662. The number of benzene rings is 1.